The Morgan fingerprint density at radius 3 is 2.50 bits per heavy atom. The Labute approximate surface area is 217 Å². The highest BCUT2D eigenvalue weighted by molar-refractivity contribution is 6.01. The highest BCUT2D eigenvalue weighted by atomic mass is 16.5. The minimum absolute atomic E-state index is 0.0215. The average molecular weight is 501 g/mol. The van der Waals surface area contributed by atoms with Crippen molar-refractivity contribution < 1.29 is 24.2 Å². The fourth-order valence-electron chi connectivity index (χ4n) is 9.15. The summed E-state index contributed by atoms with van der Waals surface area (Å²) in [5.74, 6) is 0.892. The van der Waals surface area contributed by atoms with Crippen LogP contribution in [-0.2, 0) is 19.1 Å². The van der Waals surface area contributed by atoms with Gasteiger partial charge >= 0.3 is 5.97 Å². The quantitative estimate of drug-likeness (QED) is 0.332. The summed E-state index contributed by atoms with van der Waals surface area (Å²) in [5.41, 5.74) is 0.444. The van der Waals surface area contributed by atoms with Crippen LogP contribution in [0.1, 0.15) is 113 Å². The molecule has 202 valence electrons. The topological polar surface area (TPSA) is 80.7 Å². The number of carbonyl (C=O) groups excluding carboxylic acids is 3. The number of fused-ring (bicyclic) bond motifs is 4. The van der Waals surface area contributed by atoms with Gasteiger partial charge in [0.05, 0.1) is 12.7 Å². The van der Waals surface area contributed by atoms with Crippen LogP contribution in [-0.4, -0.2) is 35.4 Å². The number of aliphatic hydroxyl groups is 1. The molecular weight excluding hydrogens is 452 g/mol. The van der Waals surface area contributed by atoms with Gasteiger partial charge in [-0.3, -0.25) is 14.4 Å². The monoisotopic (exact) mass is 500 g/mol. The van der Waals surface area contributed by atoms with Gasteiger partial charge in [-0.1, -0.05) is 54.9 Å². The Balaban J connectivity index is 1.63. The zero-order chi connectivity index (χ0) is 26.7. The fourth-order valence-corrected chi connectivity index (χ4v) is 9.15. The Hall–Kier alpha value is -1.49. The molecule has 2 fully saturated rings. The van der Waals surface area contributed by atoms with Crippen molar-refractivity contribution in [2.75, 3.05) is 6.61 Å². The molecule has 5 heteroatoms. The van der Waals surface area contributed by atoms with Crippen molar-refractivity contribution in [1.82, 2.24) is 0 Å². The smallest absolute Gasteiger partial charge is 0.305 e. The number of unbranched alkanes of at least 4 members (excludes halogenated alkanes) is 1. The van der Waals surface area contributed by atoms with Crippen LogP contribution in [0.15, 0.2) is 11.1 Å². The average Bonchev–Trinajstić information content (AvgIpc) is 3.07. The molecule has 0 amide bonds. The number of hydrogen-bond acceptors (Lipinski definition) is 5. The van der Waals surface area contributed by atoms with Crippen molar-refractivity contribution in [1.29, 1.82) is 0 Å². The van der Waals surface area contributed by atoms with Gasteiger partial charge in [-0.15, -0.1) is 0 Å². The van der Waals surface area contributed by atoms with Gasteiger partial charge in [-0.25, -0.2) is 0 Å². The van der Waals surface area contributed by atoms with Gasteiger partial charge in [0.25, 0.3) is 0 Å². The van der Waals surface area contributed by atoms with Crippen LogP contribution in [0, 0.1) is 39.4 Å². The first-order valence-corrected chi connectivity index (χ1v) is 14.4. The van der Waals surface area contributed by atoms with E-state index in [1.165, 1.54) is 0 Å². The number of hydrogen-bond donors (Lipinski definition) is 1. The van der Waals surface area contributed by atoms with Crippen molar-refractivity contribution in [3.8, 4) is 0 Å². The molecule has 0 heterocycles. The number of Topliss-reactive ketones (excluding diaryl/α,β-unsaturated/α-hetero) is 2. The molecule has 0 saturated heterocycles. The number of carbonyl (C=O) groups is 3. The molecule has 7 atom stereocenters. The van der Waals surface area contributed by atoms with Crippen molar-refractivity contribution in [3.05, 3.63) is 11.1 Å². The zero-order valence-corrected chi connectivity index (χ0v) is 23.7. The lowest BCUT2D eigenvalue weighted by molar-refractivity contribution is -0.145. The Bertz CT molecular complexity index is 962. The lowest BCUT2D eigenvalue weighted by atomic mass is 9.42. The molecule has 36 heavy (non-hydrogen) atoms. The van der Waals surface area contributed by atoms with Crippen LogP contribution in [0.3, 0.4) is 0 Å². The van der Waals surface area contributed by atoms with E-state index in [9.17, 15) is 19.5 Å². The second-order valence-corrected chi connectivity index (χ2v) is 13.7. The summed E-state index contributed by atoms with van der Waals surface area (Å²) in [6.45, 7) is 15.6. The van der Waals surface area contributed by atoms with Crippen molar-refractivity contribution >= 4 is 17.5 Å². The Kier molecular flexibility index (Phi) is 7.16. The van der Waals surface area contributed by atoms with E-state index in [2.05, 4.69) is 34.6 Å². The first-order valence-electron chi connectivity index (χ1n) is 14.4. The normalized spacial score (nSPS) is 40.4. The summed E-state index contributed by atoms with van der Waals surface area (Å²) >= 11 is 0. The molecule has 0 bridgehead atoms. The third-order valence-corrected chi connectivity index (χ3v) is 11.5. The molecule has 4 rings (SSSR count). The maximum absolute atomic E-state index is 14.1. The molecule has 0 aromatic rings. The van der Waals surface area contributed by atoms with Crippen LogP contribution in [0.25, 0.3) is 0 Å². The lowest BCUT2D eigenvalue weighted by Crippen LogP contribution is -2.59. The molecule has 0 radical (unpaired) electrons. The molecule has 4 aliphatic carbocycles. The SMILES string of the molecule is CCCCOC(=O)CCC(C)C1CCC2(C)C3=C(C(=O)CC12C)C1(C)CCC(=O)C(C)(C)C1CC3O. The zero-order valence-electron chi connectivity index (χ0n) is 23.7. The molecular formula is C31H48O5. The second kappa shape index (κ2) is 9.36. The fraction of sp³-hybridized carbons (Fsp3) is 0.839. The van der Waals surface area contributed by atoms with E-state index in [0.29, 0.717) is 50.5 Å². The number of allylic oxidation sites excluding steroid dienone is 1. The van der Waals surface area contributed by atoms with E-state index >= 15 is 0 Å². The summed E-state index contributed by atoms with van der Waals surface area (Å²) in [6.07, 6.45) is 6.60. The largest absolute Gasteiger partial charge is 0.466 e. The molecule has 2 saturated carbocycles. The molecule has 4 aliphatic rings. The summed E-state index contributed by atoms with van der Waals surface area (Å²) in [4.78, 5) is 39.2. The third kappa shape index (κ3) is 3.94. The highest BCUT2D eigenvalue weighted by Crippen LogP contribution is 2.71. The number of ketones is 2. The summed E-state index contributed by atoms with van der Waals surface area (Å²) in [6, 6.07) is 0. The van der Waals surface area contributed by atoms with E-state index in [1.54, 1.807) is 0 Å². The van der Waals surface area contributed by atoms with Gasteiger partial charge in [0.15, 0.2) is 5.78 Å². The molecule has 0 aromatic carbocycles. The highest BCUT2D eigenvalue weighted by Gasteiger charge is 2.67. The Morgan fingerprint density at radius 2 is 1.83 bits per heavy atom. The third-order valence-electron chi connectivity index (χ3n) is 11.5. The number of esters is 1. The van der Waals surface area contributed by atoms with Gasteiger partial charge in [-0.05, 0) is 72.7 Å². The van der Waals surface area contributed by atoms with E-state index in [0.717, 1.165) is 43.3 Å². The van der Waals surface area contributed by atoms with Gasteiger partial charge in [0.1, 0.15) is 5.78 Å². The molecule has 7 unspecified atom stereocenters. The van der Waals surface area contributed by atoms with Gasteiger partial charge in [-0.2, -0.15) is 0 Å². The molecule has 1 N–H and O–H groups in total. The van der Waals surface area contributed by atoms with Crippen LogP contribution in [0.5, 0.6) is 0 Å². The number of ether oxygens (including phenoxy) is 1. The van der Waals surface area contributed by atoms with E-state index in [-0.39, 0.29) is 39.7 Å². The predicted octanol–water partition coefficient (Wildman–Crippen LogP) is 6.21. The van der Waals surface area contributed by atoms with Crippen LogP contribution >= 0.6 is 0 Å². The van der Waals surface area contributed by atoms with Crippen LogP contribution < -0.4 is 0 Å². The lowest BCUT2D eigenvalue weighted by Gasteiger charge is -2.61. The van der Waals surface area contributed by atoms with Crippen molar-refractivity contribution in [3.63, 3.8) is 0 Å². The number of aliphatic hydroxyl groups excluding tert-OH is 1. The van der Waals surface area contributed by atoms with Gasteiger partial charge in [0, 0.05) is 35.7 Å². The minimum Gasteiger partial charge on any atom is -0.466 e. The Morgan fingerprint density at radius 1 is 1.14 bits per heavy atom. The van der Waals surface area contributed by atoms with E-state index in [4.69, 9.17) is 4.74 Å². The minimum atomic E-state index is -0.681. The first-order chi connectivity index (χ1) is 16.7. The predicted molar refractivity (Wildman–Crippen MR) is 140 cm³/mol. The summed E-state index contributed by atoms with van der Waals surface area (Å²) in [5, 5.41) is 11.6. The number of rotatable bonds is 7. The second-order valence-electron chi connectivity index (χ2n) is 13.7. The molecule has 0 aliphatic heterocycles. The van der Waals surface area contributed by atoms with Gasteiger partial charge < -0.3 is 9.84 Å². The first kappa shape index (κ1) is 27.5. The maximum Gasteiger partial charge on any atom is 0.305 e. The van der Waals surface area contributed by atoms with Crippen molar-refractivity contribution in [2.24, 2.45) is 39.4 Å². The molecule has 0 aromatic heterocycles. The van der Waals surface area contributed by atoms with E-state index in [1.807, 2.05) is 13.8 Å². The molecule has 5 nitrogen and oxygen atoms in total. The van der Waals surface area contributed by atoms with Crippen LogP contribution in [0.2, 0.25) is 0 Å². The summed E-state index contributed by atoms with van der Waals surface area (Å²) < 4.78 is 5.38. The van der Waals surface area contributed by atoms with E-state index < -0.39 is 11.5 Å². The van der Waals surface area contributed by atoms with Gasteiger partial charge in [0.2, 0.25) is 0 Å². The standard InChI is InChI=1S/C31H48O5/c1-8-9-16-36-25(35)11-10-19(2)20-12-15-30(6)27-21(32)17-23-28(3,4)24(34)13-14-29(23,5)26(27)22(33)18-31(20,30)7/h19-21,23,32H,8-18H2,1-7H3. The van der Waals surface area contributed by atoms with Crippen molar-refractivity contribution in [2.45, 2.75) is 119 Å². The molecule has 0 spiro atoms. The summed E-state index contributed by atoms with van der Waals surface area (Å²) in [7, 11) is 0. The maximum atomic E-state index is 14.1. The van der Waals surface area contributed by atoms with Crippen LogP contribution in [0.4, 0.5) is 0 Å².